The number of rotatable bonds is 2. The summed E-state index contributed by atoms with van der Waals surface area (Å²) in [6.07, 6.45) is 2.33. The third-order valence-corrected chi connectivity index (χ3v) is 6.19. The Morgan fingerprint density at radius 3 is 2.85 bits per heavy atom. The summed E-state index contributed by atoms with van der Waals surface area (Å²) in [5, 5.41) is 8.73. The van der Waals surface area contributed by atoms with E-state index in [4.69, 9.17) is 0 Å². The van der Waals surface area contributed by atoms with Crippen molar-refractivity contribution < 1.29 is 18.0 Å². The minimum atomic E-state index is -4.53. The van der Waals surface area contributed by atoms with Crippen LogP contribution in [-0.4, -0.2) is 46.5 Å². The molecule has 0 spiro atoms. The number of fused-ring (bicyclic) bond motifs is 3. The third-order valence-electron chi connectivity index (χ3n) is 6.19. The quantitative estimate of drug-likeness (QED) is 0.430. The van der Waals surface area contributed by atoms with Crippen molar-refractivity contribution in [1.29, 1.82) is 0 Å². The Balaban J connectivity index is 1.49. The SMILES string of the molecule is Cc1ccc2c(C(=O)N3CCc4[nH]cnc4[C@H]3c3cc4c(C(F)(F)F)cccn4n3)cnn2c1. The van der Waals surface area contributed by atoms with Gasteiger partial charge in [0.25, 0.3) is 5.91 Å². The fraction of sp³-hybridized carbons (Fsp3) is 0.217. The number of aromatic nitrogens is 6. The summed E-state index contributed by atoms with van der Waals surface area (Å²) in [6, 6.07) is 6.69. The third kappa shape index (κ3) is 3.07. The number of aryl methyl sites for hydroxylation is 1. The lowest BCUT2D eigenvalue weighted by molar-refractivity contribution is -0.136. The van der Waals surface area contributed by atoms with E-state index in [1.54, 1.807) is 9.42 Å². The van der Waals surface area contributed by atoms with Crippen molar-refractivity contribution in [3.63, 3.8) is 0 Å². The van der Waals surface area contributed by atoms with Gasteiger partial charge in [0.2, 0.25) is 0 Å². The number of H-pyrrole nitrogens is 1. The maximum atomic E-state index is 13.7. The summed E-state index contributed by atoms with van der Waals surface area (Å²) >= 11 is 0. The monoisotopic (exact) mass is 465 g/mol. The lowest BCUT2D eigenvalue weighted by Gasteiger charge is -2.33. The molecule has 0 aliphatic carbocycles. The number of halogens is 3. The molecule has 0 aromatic carbocycles. The van der Waals surface area contributed by atoms with Crippen LogP contribution >= 0.6 is 0 Å². The predicted molar refractivity (Wildman–Crippen MR) is 115 cm³/mol. The second-order valence-electron chi connectivity index (χ2n) is 8.33. The molecule has 6 rings (SSSR count). The zero-order chi connectivity index (χ0) is 23.6. The van der Waals surface area contributed by atoms with E-state index in [9.17, 15) is 18.0 Å². The van der Waals surface area contributed by atoms with Crippen LogP contribution in [0.5, 0.6) is 0 Å². The van der Waals surface area contributed by atoms with Gasteiger partial charge in [0, 0.05) is 31.1 Å². The normalized spacial score (nSPS) is 16.4. The summed E-state index contributed by atoms with van der Waals surface area (Å²) in [5.41, 5.74) is 2.90. The number of nitrogens with zero attached hydrogens (tertiary/aromatic N) is 6. The Bertz CT molecular complexity index is 1560. The Morgan fingerprint density at radius 2 is 2.03 bits per heavy atom. The number of alkyl halides is 3. The lowest BCUT2D eigenvalue weighted by atomic mass is 9.98. The van der Waals surface area contributed by atoms with Crippen molar-refractivity contribution in [3.05, 3.63) is 89.0 Å². The van der Waals surface area contributed by atoms with Crippen LogP contribution in [0.15, 0.2) is 55.2 Å². The maximum Gasteiger partial charge on any atom is 0.418 e. The molecular weight excluding hydrogens is 447 g/mol. The van der Waals surface area contributed by atoms with Gasteiger partial charge in [-0.05, 0) is 36.8 Å². The minimum Gasteiger partial charge on any atom is -0.348 e. The summed E-state index contributed by atoms with van der Waals surface area (Å²) in [4.78, 5) is 22.8. The van der Waals surface area contributed by atoms with E-state index < -0.39 is 17.8 Å². The Morgan fingerprint density at radius 1 is 1.18 bits per heavy atom. The largest absolute Gasteiger partial charge is 0.418 e. The molecule has 11 heteroatoms. The number of amides is 1. The first-order valence-corrected chi connectivity index (χ1v) is 10.6. The molecule has 5 aromatic rings. The van der Waals surface area contributed by atoms with E-state index in [0.29, 0.717) is 35.4 Å². The van der Waals surface area contributed by atoms with Crippen LogP contribution in [0.1, 0.15) is 44.6 Å². The molecule has 0 saturated heterocycles. The van der Waals surface area contributed by atoms with Gasteiger partial charge in [-0.25, -0.2) is 14.0 Å². The zero-order valence-corrected chi connectivity index (χ0v) is 17.9. The number of aromatic amines is 1. The fourth-order valence-electron chi connectivity index (χ4n) is 4.61. The van der Waals surface area contributed by atoms with E-state index in [1.807, 2.05) is 25.3 Å². The molecule has 1 amide bonds. The molecular formula is C23H18F3N7O. The van der Waals surface area contributed by atoms with Gasteiger partial charge in [-0.15, -0.1) is 0 Å². The predicted octanol–water partition coefficient (Wildman–Crippen LogP) is 3.82. The van der Waals surface area contributed by atoms with E-state index >= 15 is 0 Å². The van der Waals surface area contributed by atoms with Crippen LogP contribution in [0.3, 0.4) is 0 Å². The molecule has 1 aliphatic heterocycles. The molecule has 1 N–H and O–H groups in total. The molecule has 0 unspecified atom stereocenters. The first kappa shape index (κ1) is 20.5. The highest BCUT2D eigenvalue weighted by atomic mass is 19.4. The molecule has 34 heavy (non-hydrogen) atoms. The smallest absolute Gasteiger partial charge is 0.348 e. The van der Waals surface area contributed by atoms with Gasteiger partial charge in [0.15, 0.2) is 0 Å². The van der Waals surface area contributed by atoms with Gasteiger partial charge in [-0.3, -0.25) is 4.79 Å². The van der Waals surface area contributed by atoms with Gasteiger partial charge in [-0.2, -0.15) is 23.4 Å². The molecule has 0 saturated carbocycles. The highest BCUT2D eigenvalue weighted by Gasteiger charge is 2.38. The maximum absolute atomic E-state index is 13.7. The second-order valence-corrected chi connectivity index (χ2v) is 8.33. The van der Waals surface area contributed by atoms with Crippen LogP contribution in [-0.2, 0) is 12.6 Å². The van der Waals surface area contributed by atoms with Crippen molar-refractivity contribution in [2.45, 2.75) is 25.6 Å². The standard InChI is InChI=1S/C23H18F3N7O/c1-13-4-5-18-14(10-29-33(18)11-13)22(34)31-8-6-16-20(28-12-27-16)21(31)17-9-19-15(23(24,25)26)3-2-7-32(19)30-17/h2-5,7,9-12,21H,6,8H2,1H3,(H,27,28)/t21-/m1/s1. The summed E-state index contributed by atoms with van der Waals surface area (Å²) in [7, 11) is 0. The molecule has 0 fully saturated rings. The number of nitrogens with one attached hydrogen (secondary N) is 1. The molecule has 1 aliphatic rings. The van der Waals surface area contributed by atoms with E-state index in [2.05, 4.69) is 20.2 Å². The second kappa shape index (κ2) is 7.17. The summed E-state index contributed by atoms with van der Waals surface area (Å²) < 4.78 is 43.6. The van der Waals surface area contributed by atoms with Crippen LogP contribution in [0.2, 0.25) is 0 Å². The molecule has 5 aromatic heterocycles. The Kier molecular flexibility index (Phi) is 4.32. The average molecular weight is 465 g/mol. The molecule has 172 valence electrons. The van der Waals surface area contributed by atoms with Crippen LogP contribution in [0, 0.1) is 6.92 Å². The Hall–Kier alpha value is -4.15. The van der Waals surface area contributed by atoms with Crippen molar-refractivity contribution in [1.82, 2.24) is 34.1 Å². The van der Waals surface area contributed by atoms with Crippen molar-refractivity contribution >= 4 is 16.9 Å². The van der Waals surface area contributed by atoms with Gasteiger partial charge >= 0.3 is 6.18 Å². The van der Waals surface area contributed by atoms with Crippen LogP contribution in [0.4, 0.5) is 13.2 Å². The van der Waals surface area contributed by atoms with Crippen molar-refractivity contribution in [2.24, 2.45) is 0 Å². The molecule has 1 atom stereocenters. The topological polar surface area (TPSA) is 83.6 Å². The summed E-state index contributed by atoms with van der Waals surface area (Å²) in [6.45, 7) is 2.28. The van der Waals surface area contributed by atoms with Crippen molar-refractivity contribution in [3.8, 4) is 0 Å². The van der Waals surface area contributed by atoms with E-state index in [-0.39, 0.29) is 11.4 Å². The van der Waals surface area contributed by atoms with Gasteiger partial charge < -0.3 is 9.88 Å². The zero-order valence-electron chi connectivity index (χ0n) is 17.9. The highest BCUT2D eigenvalue weighted by molar-refractivity contribution is 6.01. The number of hydrogen-bond acceptors (Lipinski definition) is 4. The van der Waals surface area contributed by atoms with Crippen molar-refractivity contribution in [2.75, 3.05) is 6.54 Å². The van der Waals surface area contributed by atoms with Gasteiger partial charge in [0.05, 0.1) is 46.1 Å². The lowest BCUT2D eigenvalue weighted by Crippen LogP contribution is -2.41. The fourth-order valence-corrected chi connectivity index (χ4v) is 4.61. The first-order valence-electron chi connectivity index (χ1n) is 10.6. The van der Waals surface area contributed by atoms with E-state index in [0.717, 1.165) is 17.3 Å². The minimum absolute atomic E-state index is 0.0773. The molecule has 6 heterocycles. The molecule has 0 radical (unpaired) electrons. The van der Waals surface area contributed by atoms with Gasteiger partial charge in [-0.1, -0.05) is 6.07 Å². The summed E-state index contributed by atoms with van der Waals surface area (Å²) in [5.74, 6) is -0.286. The van der Waals surface area contributed by atoms with Gasteiger partial charge in [0.1, 0.15) is 6.04 Å². The first-order chi connectivity index (χ1) is 16.3. The van der Waals surface area contributed by atoms with E-state index in [1.165, 1.54) is 35.4 Å². The molecule has 8 nitrogen and oxygen atoms in total. The molecule has 0 bridgehead atoms. The number of carbonyl (C=O) groups excluding carboxylic acids is 1. The van der Waals surface area contributed by atoms with Crippen LogP contribution < -0.4 is 0 Å². The van der Waals surface area contributed by atoms with Crippen LogP contribution in [0.25, 0.3) is 11.0 Å². The Labute approximate surface area is 190 Å². The average Bonchev–Trinajstić information content (AvgIpc) is 3.53. The highest BCUT2D eigenvalue weighted by Crippen LogP contribution is 2.37. The number of imidazole rings is 1. The number of pyridine rings is 2. The number of hydrogen-bond donors (Lipinski definition) is 1. The number of carbonyl (C=O) groups is 1.